The van der Waals surface area contributed by atoms with E-state index in [1.165, 1.54) is 12.1 Å². The summed E-state index contributed by atoms with van der Waals surface area (Å²) in [6.07, 6.45) is 1.84. The van der Waals surface area contributed by atoms with Gasteiger partial charge in [-0.15, -0.1) is 0 Å². The van der Waals surface area contributed by atoms with Crippen LogP contribution in [0.25, 0.3) is 0 Å². The maximum Gasteiger partial charge on any atom is 0.275 e. The maximum atomic E-state index is 10.9. The van der Waals surface area contributed by atoms with Gasteiger partial charge in [0.05, 0.1) is 17.6 Å². The quantitative estimate of drug-likeness (QED) is 0.428. The Bertz CT molecular complexity index is 436. The molecule has 0 aromatic heterocycles. The number of hydrogen-bond donors (Lipinski definition) is 1. The van der Waals surface area contributed by atoms with Crippen LogP contribution in [0.3, 0.4) is 0 Å². The highest BCUT2D eigenvalue weighted by Gasteiger charge is 2.10. The molecule has 0 fully saturated rings. The van der Waals surface area contributed by atoms with Crippen LogP contribution < -0.4 is 10.1 Å². The molecule has 0 amide bonds. The summed E-state index contributed by atoms with van der Waals surface area (Å²) in [4.78, 5) is 12.6. The first-order chi connectivity index (χ1) is 9.52. The van der Waals surface area contributed by atoms with Crippen molar-refractivity contribution in [3.63, 3.8) is 0 Å². The van der Waals surface area contributed by atoms with Crippen LogP contribution in [-0.2, 0) is 0 Å². The minimum absolute atomic E-state index is 0.0497. The van der Waals surface area contributed by atoms with Crippen LogP contribution in [0.1, 0.15) is 19.8 Å². The smallest absolute Gasteiger partial charge is 0.275 e. The van der Waals surface area contributed by atoms with E-state index in [2.05, 4.69) is 10.2 Å². The second-order valence-electron chi connectivity index (χ2n) is 4.90. The van der Waals surface area contributed by atoms with Crippen molar-refractivity contribution in [1.82, 2.24) is 4.90 Å². The van der Waals surface area contributed by atoms with E-state index in [-0.39, 0.29) is 5.69 Å². The number of nitro groups is 1. The monoisotopic (exact) mass is 281 g/mol. The molecular formula is C14H23N3O3. The van der Waals surface area contributed by atoms with Gasteiger partial charge < -0.3 is 15.0 Å². The number of nitro benzene ring substituents is 1. The normalized spacial score (nSPS) is 10.6. The van der Waals surface area contributed by atoms with Crippen molar-refractivity contribution in [2.24, 2.45) is 0 Å². The Morgan fingerprint density at radius 3 is 2.70 bits per heavy atom. The van der Waals surface area contributed by atoms with E-state index in [1.807, 2.05) is 21.0 Å². The molecule has 1 aromatic rings. The summed E-state index contributed by atoms with van der Waals surface area (Å²) < 4.78 is 5.48. The second-order valence-corrected chi connectivity index (χ2v) is 4.90. The van der Waals surface area contributed by atoms with Gasteiger partial charge in [-0.25, -0.2) is 0 Å². The van der Waals surface area contributed by atoms with Gasteiger partial charge in [0.2, 0.25) is 0 Å². The molecule has 0 spiro atoms. The standard InChI is InChI=1S/C14H23N3O3/c1-4-8-20-14-10-12(9-13(11-14)17(18)19)15-6-5-7-16(2)3/h9-11,15H,4-8H2,1-3H3. The van der Waals surface area contributed by atoms with Crippen molar-refractivity contribution in [3.8, 4) is 5.75 Å². The molecule has 0 atom stereocenters. The van der Waals surface area contributed by atoms with Crippen LogP contribution in [0.15, 0.2) is 18.2 Å². The lowest BCUT2D eigenvalue weighted by Crippen LogP contribution is -2.16. The van der Waals surface area contributed by atoms with Crippen molar-refractivity contribution in [1.29, 1.82) is 0 Å². The zero-order valence-electron chi connectivity index (χ0n) is 12.4. The summed E-state index contributed by atoms with van der Waals surface area (Å²) in [6, 6.07) is 4.80. The molecule has 0 saturated carbocycles. The third-order valence-electron chi connectivity index (χ3n) is 2.69. The van der Waals surface area contributed by atoms with Gasteiger partial charge in [0.15, 0.2) is 0 Å². The number of rotatable bonds is 9. The first-order valence-corrected chi connectivity index (χ1v) is 6.83. The minimum atomic E-state index is -0.399. The molecule has 0 radical (unpaired) electrons. The molecule has 0 unspecified atom stereocenters. The van der Waals surface area contributed by atoms with Crippen molar-refractivity contribution in [3.05, 3.63) is 28.3 Å². The molecule has 0 heterocycles. The topological polar surface area (TPSA) is 67.6 Å². The molecule has 1 rings (SSSR count). The highest BCUT2D eigenvalue weighted by atomic mass is 16.6. The van der Waals surface area contributed by atoms with Crippen molar-refractivity contribution >= 4 is 11.4 Å². The average molecular weight is 281 g/mol. The van der Waals surface area contributed by atoms with E-state index in [1.54, 1.807) is 6.07 Å². The minimum Gasteiger partial charge on any atom is -0.493 e. The molecule has 0 aliphatic heterocycles. The second kappa shape index (κ2) is 8.37. The van der Waals surface area contributed by atoms with Crippen molar-refractivity contribution in [2.75, 3.05) is 39.1 Å². The summed E-state index contributed by atoms with van der Waals surface area (Å²) in [5.41, 5.74) is 0.776. The van der Waals surface area contributed by atoms with E-state index >= 15 is 0 Å². The van der Waals surface area contributed by atoms with Gasteiger partial charge in [0.25, 0.3) is 5.69 Å². The average Bonchev–Trinajstić information content (AvgIpc) is 2.41. The van der Waals surface area contributed by atoms with Crippen LogP contribution >= 0.6 is 0 Å². The Morgan fingerprint density at radius 1 is 1.35 bits per heavy atom. The predicted molar refractivity (Wildman–Crippen MR) is 80.5 cm³/mol. The van der Waals surface area contributed by atoms with Crippen LogP contribution in [0, 0.1) is 10.1 Å². The summed E-state index contributed by atoms with van der Waals surface area (Å²) in [7, 11) is 4.04. The fourth-order valence-corrected chi connectivity index (χ4v) is 1.72. The Balaban J connectivity index is 2.67. The Hall–Kier alpha value is -1.82. The lowest BCUT2D eigenvalue weighted by atomic mass is 10.2. The van der Waals surface area contributed by atoms with E-state index in [9.17, 15) is 10.1 Å². The highest BCUT2D eigenvalue weighted by molar-refractivity contribution is 5.56. The number of ether oxygens (including phenoxy) is 1. The largest absolute Gasteiger partial charge is 0.493 e. The number of benzene rings is 1. The van der Waals surface area contributed by atoms with Gasteiger partial charge in [0, 0.05) is 24.4 Å². The Morgan fingerprint density at radius 2 is 2.10 bits per heavy atom. The molecule has 0 aliphatic rings. The van der Waals surface area contributed by atoms with Crippen LogP contribution in [0.2, 0.25) is 0 Å². The maximum absolute atomic E-state index is 10.9. The molecule has 6 heteroatoms. The molecule has 0 bridgehead atoms. The van der Waals surface area contributed by atoms with Crippen LogP contribution in [0.5, 0.6) is 5.75 Å². The summed E-state index contributed by atoms with van der Waals surface area (Å²) in [5, 5.41) is 14.1. The molecule has 0 aliphatic carbocycles. The lowest BCUT2D eigenvalue weighted by Gasteiger charge is -2.12. The van der Waals surface area contributed by atoms with Gasteiger partial charge in [-0.3, -0.25) is 10.1 Å². The lowest BCUT2D eigenvalue weighted by molar-refractivity contribution is -0.384. The van der Waals surface area contributed by atoms with E-state index in [0.29, 0.717) is 12.4 Å². The van der Waals surface area contributed by atoms with Crippen molar-refractivity contribution < 1.29 is 9.66 Å². The summed E-state index contributed by atoms with van der Waals surface area (Å²) >= 11 is 0. The van der Waals surface area contributed by atoms with Crippen LogP contribution in [0.4, 0.5) is 11.4 Å². The fraction of sp³-hybridized carbons (Fsp3) is 0.571. The number of nitrogens with one attached hydrogen (secondary N) is 1. The van der Waals surface area contributed by atoms with Gasteiger partial charge in [-0.05, 0) is 33.5 Å². The third-order valence-corrected chi connectivity index (χ3v) is 2.69. The number of nitrogens with zero attached hydrogens (tertiary/aromatic N) is 2. The number of anilines is 1. The predicted octanol–water partition coefficient (Wildman–Crippen LogP) is 2.75. The van der Waals surface area contributed by atoms with Gasteiger partial charge >= 0.3 is 0 Å². The zero-order chi connectivity index (χ0) is 15.0. The van der Waals surface area contributed by atoms with E-state index < -0.39 is 4.92 Å². The van der Waals surface area contributed by atoms with E-state index in [0.717, 1.165) is 31.6 Å². The zero-order valence-corrected chi connectivity index (χ0v) is 12.4. The number of non-ortho nitro benzene ring substituents is 1. The molecule has 112 valence electrons. The highest BCUT2D eigenvalue weighted by Crippen LogP contribution is 2.26. The first-order valence-electron chi connectivity index (χ1n) is 6.83. The summed E-state index contributed by atoms with van der Waals surface area (Å²) in [5.74, 6) is 0.538. The van der Waals surface area contributed by atoms with Gasteiger partial charge in [-0.1, -0.05) is 6.92 Å². The van der Waals surface area contributed by atoms with E-state index in [4.69, 9.17) is 4.74 Å². The van der Waals surface area contributed by atoms with Crippen molar-refractivity contribution in [2.45, 2.75) is 19.8 Å². The molecule has 1 aromatic carbocycles. The molecule has 0 saturated heterocycles. The molecule has 20 heavy (non-hydrogen) atoms. The summed E-state index contributed by atoms with van der Waals surface area (Å²) in [6.45, 7) is 4.30. The third kappa shape index (κ3) is 5.88. The number of hydrogen-bond acceptors (Lipinski definition) is 5. The fourth-order valence-electron chi connectivity index (χ4n) is 1.72. The van der Waals surface area contributed by atoms with Gasteiger partial charge in [0.1, 0.15) is 5.75 Å². The molecular weight excluding hydrogens is 258 g/mol. The molecule has 1 N–H and O–H groups in total. The Labute approximate surface area is 119 Å². The molecule has 6 nitrogen and oxygen atoms in total. The van der Waals surface area contributed by atoms with Gasteiger partial charge in [-0.2, -0.15) is 0 Å². The Kier molecular flexibility index (Phi) is 6.79. The van der Waals surface area contributed by atoms with Crippen LogP contribution in [-0.4, -0.2) is 43.6 Å². The first kappa shape index (κ1) is 16.2. The SMILES string of the molecule is CCCOc1cc(NCCCN(C)C)cc([N+](=O)[O-])c1.